The van der Waals surface area contributed by atoms with E-state index in [9.17, 15) is 43.2 Å². The molecule has 506 valence electrons. The number of esters is 4. The van der Waals surface area contributed by atoms with Gasteiger partial charge in [0, 0.05) is 25.7 Å². The lowest BCUT2D eigenvalue weighted by Gasteiger charge is -2.21. The largest absolute Gasteiger partial charge is 0.472 e. The van der Waals surface area contributed by atoms with Crippen molar-refractivity contribution in [2.45, 2.75) is 324 Å². The fraction of sp³-hybridized carbons (Fsp3) is 0.881. The molecule has 3 N–H and O–H groups in total. The van der Waals surface area contributed by atoms with Gasteiger partial charge in [-0.1, -0.05) is 253 Å². The maximum atomic E-state index is 13.0. The normalized spacial score (nSPS) is 14.5. The van der Waals surface area contributed by atoms with E-state index < -0.39 is 97.5 Å². The van der Waals surface area contributed by atoms with Crippen LogP contribution >= 0.6 is 15.6 Å². The lowest BCUT2D eigenvalue weighted by Crippen LogP contribution is -2.30. The highest BCUT2D eigenvalue weighted by atomic mass is 31.2. The van der Waals surface area contributed by atoms with Crippen LogP contribution in [-0.4, -0.2) is 96.7 Å². The van der Waals surface area contributed by atoms with E-state index in [0.717, 1.165) is 121 Å². The van der Waals surface area contributed by atoms with Crippen LogP contribution in [0.3, 0.4) is 0 Å². The molecule has 5 atom stereocenters. The minimum atomic E-state index is -4.96. The Labute approximate surface area is 522 Å². The molecule has 17 nitrogen and oxygen atoms in total. The first-order chi connectivity index (χ1) is 41.2. The molecule has 0 aliphatic carbocycles. The molecule has 0 heterocycles. The van der Waals surface area contributed by atoms with E-state index in [1.54, 1.807) is 0 Å². The standard InChI is InChI=1S/C67H126O17P2/c1-8-9-10-11-12-13-14-15-16-17-18-22-25-36-43-50-66(71)83-62(54-77-64(69)48-41-34-29-27-32-39-46-59(4)5)56-81-85(73,74)79-52-61(68)53-80-86(75,76)82-57-63(55-78-65(70)49-42-35-30-28-33-40-47-60(6)7)84-67(72)51-44-37-26-23-20-19-21-24-31-38-45-58(2)3/h13-16,58-63,68H,8-12,17-57H2,1-7H3,(H,73,74)(H,75,76)/b14-13-,16-15-/t61-,62-,63-/m1/s1. The van der Waals surface area contributed by atoms with Crippen molar-refractivity contribution in [2.24, 2.45) is 17.8 Å². The van der Waals surface area contributed by atoms with Crippen molar-refractivity contribution in [3.8, 4) is 0 Å². The molecule has 0 rings (SSSR count). The second-order valence-corrected chi connectivity index (χ2v) is 27.9. The summed E-state index contributed by atoms with van der Waals surface area (Å²) >= 11 is 0. The Morgan fingerprint density at radius 3 is 0.942 bits per heavy atom. The van der Waals surface area contributed by atoms with Gasteiger partial charge < -0.3 is 33.8 Å². The van der Waals surface area contributed by atoms with Crippen molar-refractivity contribution in [1.82, 2.24) is 0 Å². The van der Waals surface area contributed by atoms with Crippen LogP contribution in [0.25, 0.3) is 0 Å². The van der Waals surface area contributed by atoms with E-state index in [1.165, 1.54) is 89.9 Å². The number of allylic oxidation sites excluding steroid dienone is 4. The van der Waals surface area contributed by atoms with Gasteiger partial charge in [-0.05, 0) is 69.1 Å². The third-order valence-corrected chi connectivity index (χ3v) is 16.7. The van der Waals surface area contributed by atoms with Crippen molar-refractivity contribution in [1.29, 1.82) is 0 Å². The number of ether oxygens (including phenoxy) is 4. The fourth-order valence-electron chi connectivity index (χ4n) is 9.47. The Hall–Kier alpha value is -2.46. The number of hydrogen-bond acceptors (Lipinski definition) is 15. The SMILES string of the molecule is CCCCCC/C=C\C=C/CCCCCCCC(=O)O[C@H](COC(=O)CCCCCCCCC(C)C)COP(=O)(O)OC[C@@H](O)COP(=O)(O)OC[C@@H](COC(=O)CCCCCCCCC(C)C)OC(=O)CCCCCCCCCCCCC(C)C. The summed E-state index contributed by atoms with van der Waals surface area (Å²) in [6, 6.07) is 0. The van der Waals surface area contributed by atoms with Gasteiger partial charge in [0.05, 0.1) is 26.4 Å². The number of aliphatic hydroxyl groups is 1. The molecule has 19 heteroatoms. The van der Waals surface area contributed by atoms with Crippen LogP contribution in [-0.2, 0) is 65.4 Å². The number of hydrogen-bond donors (Lipinski definition) is 3. The third-order valence-electron chi connectivity index (χ3n) is 14.8. The van der Waals surface area contributed by atoms with E-state index in [0.29, 0.717) is 37.5 Å². The molecule has 2 unspecified atom stereocenters. The Kier molecular flexibility index (Phi) is 56.0. The van der Waals surface area contributed by atoms with Crippen LogP contribution in [0.4, 0.5) is 0 Å². The molecule has 0 aromatic rings. The number of phosphoric acid groups is 2. The lowest BCUT2D eigenvalue weighted by molar-refractivity contribution is -0.161. The van der Waals surface area contributed by atoms with Gasteiger partial charge in [-0.3, -0.25) is 37.3 Å². The minimum Gasteiger partial charge on any atom is -0.462 e. The number of unbranched alkanes of at least 4 members (excludes halogenated alkanes) is 28. The van der Waals surface area contributed by atoms with Crippen LogP contribution in [0.5, 0.6) is 0 Å². The Morgan fingerprint density at radius 1 is 0.360 bits per heavy atom. The number of rotatable bonds is 63. The molecule has 0 radical (unpaired) electrons. The predicted octanol–water partition coefficient (Wildman–Crippen LogP) is 18.2. The highest BCUT2D eigenvalue weighted by Gasteiger charge is 2.30. The van der Waals surface area contributed by atoms with Gasteiger partial charge in [0.25, 0.3) is 0 Å². The Morgan fingerprint density at radius 2 is 0.628 bits per heavy atom. The summed E-state index contributed by atoms with van der Waals surface area (Å²) in [5.74, 6) is -0.0620. The number of carbonyl (C=O) groups is 4. The van der Waals surface area contributed by atoms with Gasteiger partial charge >= 0.3 is 39.5 Å². The number of phosphoric ester groups is 2. The zero-order valence-electron chi connectivity index (χ0n) is 55.3. The molecule has 0 aliphatic rings. The first-order valence-electron chi connectivity index (χ1n) is 34.2. The summed E-state index contributed by atoms with van der Waals surface area (Å²) in [6.07, 6.45) is 42.8. The van der Waals surface area contributed by atoms with Crippen LogP contribution in [0, 0.1) is 17.8 Å². The summed E-state index contributed by atoms with van der Waals surface area (Å²) in [6.45, 7) is 11.6. The predicted molar refractivity (Wildman–Crippen MR) is 344 cm³/mol. The quantitative estimate of drug-likeness (QED) is 0.0169. The molecule has 0 bridgehead atoms. The zero-order valence-corrected chi connectivity index (χ0v) is 57.0. The molecule has 86 heavy (non-hydrogen) atoms. The first-order valence-corrected chi connectivity index (χ1v) is 37.2. The molecular formula is C67H126O17P2. The van der Waals surface area contributed by atoms with Crippen molar-refractivity contribution >= 4 is 39.5 Å². The third kappa shape index (κ3) is 60.5. The highest BCUT2D eigenvalue weighted by molar-refractivity contribution is 7.47. The van der Waals surface area contributed by atoms with Crippen LogP contribution < -0.4 is 0 Å². The molecule has 0 aromatic carbocycles. The van der Waals surface area contributed by atoms with Crippen molar-refractivity contribution < 1.29 is 80.2 Å². The molecule has 0 saturated heterocycles. The minimum absolute atomic E-state index is 0.0833. The summed E-state index contributed by atoms with van der Waals surface area (Å²) in [7, 11) is -9.91. The molecule has 0 aromatic heterocycles. The maximum absolute atomic E-state index is 13.0. The van der Waals surface area contributed by atoms with E-state index in [1.807, 2.05) is 0 Å². The smallest absolute Gasteiger partial charge is 0.462 e. The summed E-state index contributed by atoms with van der Waals surface area (Å²) in [5.41, 5.74) is 0. The molecule has 0 aliphatic heterocycles. The summed E-state index contributed by atoms with van der Waals surface area (Å²) in [5, 5.41) is 10.5. The summed E-state index contributed by atoms with van der Waals surface area (Å²) in [4.78, 5) is 72.3. The van der Waals surface area contributed by atoms with Crippen LogP contribution in [0.1, 0.15) is 305 Å². The second-order valence-electron chi connectivity index (χ2n) is 25.0. The van der Waals surface area contributed by atoms with Gasteiger partial charge in [-0.25, -0.2) is 9.13 Å². The van der Waals surface area contributed by atoms with Crippen LogP contribution in [0.15, 0.2) is 24.3 Å². The van der Waals surface area contributed by atoms with Crippen LogP contribution in [0.2, 0.25) is 0 Å². The monoisotopic (exact) mass is 1260 g/mol. The second kappa shape index (κ2) is 57.7. The van der Waals surface area contributed by atoms with E-state index in [-0.39, 0.29) is 25.7 Å². The Bertz CT molecular complexity index is 1790. The van der Waals surface area contributed by atoms with Crippen molar-refractivity contribution in [3.05, 3.63) is 24.3 Å². The van der Waals surface area contributed by atoms with Gasteiger partial charge in [0.2, 0.25) is 0 Å². The maximum Gasteiger partial charge on any atom is 0.472 e. The number of aliphatic hydroxyl groups excluding tert-OH is 1. The average molecular weight is 1270 g/mol. The first kappa shape index (κ1) is 83.5. The highest BCUT2D eigenvalue weighted by Crippen LogP contribution is 2.45. The Balaban J connectivity index is 5.27. The van der Waals surface area contributed by atoms with Gasteiger partial charge in [-0.2, -0.15) is 0 Å². The molecular weight excluding hydrogens is 1140 g/mol. The van der Waals surface area contributed by atoms with E-state index in [2.05, 4.69) is 72.8 Å². The van der Waals surface area contributed by atoms with Crippen molar-refractivity contribution in [2.75, 3.05) is 39.6 Å². The summed E-state index contributed by atoms with van der Waals surface area (Å²) < 4.78 is 68.0. The van der Waals surface area contributed by atoms with Gasteiger partial charge in [0.15, 0.2) is 12.2 Å². The van der Waals surface area contributed by atoms with Crippen molar-refractivity contribution in [3.63, 3.8) is 0 Å². The zero-order chi connectivity index (χ0) is 63.8. The van der Waals surface area contributed by atoms with E-state index in [4.69, 9.17) is 37.0 Å². The topological polar surface area (TPSA) is 237 Å². The van der Waals surface area contributed by atoms with E-state index >= 15 is 0 Å². The molecule has 0 saturated carbocycles. The van der Waals surface area contributed by atoms with Gasteiger partial charge in [0.1, 0.15) is 19.3 Å². The molecule has 0 fully saturated rings. The molecule has 0 spiro atoms. The van der Waals surface area contributed by atoms with Gasteiger partial charge in [-0.15, -0.1) is 0 Å². The lowest BCUT2D eigenvalue weighted by atomic mass is 10.0. The molecule has 0 amide bonds. The average Bonchev–Trinajstić information content (AvgIpc) is 3.62. The fourth-order valence-corrected chi connectivity index (χ4v) is 11.0. The number of carbonyl (C=O) groups excluding carboxylic acids is 4.